The molecule has 148 valence electrons. The van der Waals surface area contributed by atoms with Crippen molar-refractivity contribution in [3.8, 4) is 11.5 Å². The second-order valence-corrected chi connectivity index (χ2v) is 9.10. The maximum atomic E-state index is 12.5. The standard InChI is InChI=1S/C19H25ClNO5P/c1-25-18-8-5-15(9-19(18)26-2)12-27(23,24)13-17(22)11-21-10-14-3-6-16(20)7-4-14/h3-9,17,21-22H,10-13H2,1-2H3,(H,23,24). The first kappa shape index (κ1) is 21.7. The van der Waals surface area contributed by atoms with Crippen LogP contribution in [-0.2, 0) is 17.3 Å². The third-order valence-corrected chi connectivity index (χ3v) is 6.10. The van der Waals surface area contributed by atoms with Gasteiger partial charge in [0.2, 0.25) is 7.37 Å². The molecule has 3 N–H and O–H groups in total. The summed E-state index contributed by atoms with van der Waals surface area (Å²) in [4.78, 5) is 10.3. The number of halogens is 1. The number of methoxy groups -OCH3 is 2. The van der Waals surface area contributed by atoms with E-state index in [1.54, 1.807) is 30.3 Å². The Hall–Kier alpha value is -1.56. The summed E-state index contributed by atoms with van der Waals surface area (Å²) >= 11 is 5.84. The van der Waals surface area contributed by atoms with E-state index in [1.165, 1.54) is 14.2 Å². The van der Waals surface area contributed by atoms with Crippen LogP contribution in [-0.4, -0.2) is 43.0 Å². The smallest absolute Gasteiger partial charge is 0.207 e. The highest BCUT2D eigenvalue weighted by Gasteiger charge is 2.24. The molecule has 0 aliphatic rings. The summed E-state index contributed by atoms with van der Waals surface area (Å²) in [6.45, 7) is 0.763. The summed E-state index contributed by atoms with van der Waals surface area (Å²) in [6.07, 6.45) is -1.15. The molecule has 6 nitrogen and oxygen atoms in total. The molecule has 8 heteroatoms. The van der Waals surface area contributed by atoms with Crippen molar-refractivity contribution in [2.75, 3.05) is 26.9 Å². The first-order valence-electron chi connectivity index (χ1n) is 8.48. The third kappa shape index (κ3) is 7.17. The summed E-state index contributed by atoms with van der Waals surface area (Å²) in [5, 5.41) is 13.8. The lowest BCUT2D eigenvalue weighted by atomic mass is 10.2. The van der Waals surface area contributed by atoms with Crippen molar-refractivity contribution in [3.05, 3.63) is 58.6 Å². The van der Waals surface area contributed by atoms with Gasteiger partial charge in [-0.25, -0.2) is 0 Å². The zero-order chi connectivity index (χ0) is 19.9. The van der Waals surface area contributed by atoms with Gasteiger partial charge < -0.3 is 24.8 Å². The molecule has 0 heterocycles. The van der Waals surface area contributed by atoms with E-state index >= 15 is 0 Å². The van der Waals surface area contributed by atoms with Crippen LogP contribution in [0.1, 0.15) is 11.1 Å². The highest BCUT2D eigenvalue weighted by atomic mass is 35.5. The Morgan fingerprint density at radius 2 is 1.70 bits per heavy atom. The van der Waals surface area contributed by atoms with Gasteiger partial charge in [0.05, 0.1) is 26.5 Å². The maximum absolute atomic E-state index is 12.5. The van der Waals surface area contributed by atoms with Gasteiger partial charge >= 0.3 is 0 Å². The molecule has 27 heavy (non-hydrogen) atoms. The SMILES string of the molecule is COc1ccc(CP(=O)(O)CC(O)CNCc2ccc(Cl)cc2)cc1OC. The number of benzene rings is 2. The number of nitrogens with one attached hydrogen (secondary N) is 1. The Bertz CT molecular complexity index is 784. The highest BCUT2D eigenvalue weighted by Crippen LogP contribution is 2.46. The maximum Gasteiger partial charge on any atom is 0.207 e. The fourth-order valence-corrected chi connectivity index (χ4v) is 4.52. The Morgan fingerprint density at radius 1 is 1.07 bits per heavy atom. The molecular formula is C19H25ClNO5P. The Labute approximate surface area is 164 Å². The van der Waals surface area contributed by atoms with Crippen molar-refractivity contribution in [1.82, 2.24) is 5.32 Å². The number of aliphatic hydroxyl groups is 1. The van der Waals surface area contributed by atoms with Crippen molar-refractivity contribution in [1.29, 1.82) is 0 Å². The highest BCUT2D eigenvalue weighted by molar-refractivity contribution is 7.57. The minimum absolute atomic E-state index is 0.0401. The largest absolute Gasteiger partial charge is 0.493 e. The molecule has 0 bridgehead atoms. The van der Waals surface area contributed by atoms with Gasteiger partial charge in [0, 0.05) is 24.3 Å². The van der Waals surface area contributed by atoms with E-state index in [-0.39, 0.29) is 18.9 Å². The zero-order valence-electron chi connectivity index (χ0n) is 15.4. The summed E-state index contributed by atoms with van der Waals surface area (Å²) < 4.78 is 22.9. The molecule has 0 radical (unpaired) electrons. The van der Waals surface area contributed by atoms with Crippen LogP contribution in [0.4, 0.5) is 0 Å². The summed E-state index contributed by atoms with van der Waals surface area (Å²) in [7, 11) is -0.507. The van der Waals surface area contributed by atoms with Crippen LogP contribution in [0, 0.1) is 0 Å². The first-order chi connectivity index (χ1) is 12.8. The average molecular weight is 414 g/mol. The second kappa shape index (κ2) is 10.1. The first-order valence-corrected chi connectivity index (χ1v) is 10.9. The van der Waals surface area contributed by atoms with Gasteiger partial charge in [0.15, 0.2) is 11.5 Å². The fourth-order valence-electron chi connectivity index (χ4n) is 2.71. The van der Waals surface area contributed by atoms with Gasteiger partial charge in [-0.1, -0.05) is 29.8 Å². The van der Waals surface area contributed by atoms with Crippen LogP contribution in [0.2, 0.25) is 5.02 Å². The summed E-state index contributed by atoms with van der Waals surface area (Å²) in [6, 6.07) is 12.4. The van der Waals surface area contributed by atoms with Crippen LogP contribution in [0.25, 0.3) is 0 Å². The monoisotopic (exact) mass is 413 g/mol. The molecule has 0 aliphatic carbocycles. The van der Waals surface area contributed by atoms with Gasteiger partial charge in [0.25, 0.3) is 0 Å². The lowest BCUT2D eigenvalue weighted by molar-refractivity contribution is 0.190. The topological polar surface area (TPSA) is 88.0 Å². The second-order valence-electron chi connectivity index (χ2n) is 6.29. The molecule has 0 aliphatic heterocycles. The number of ether oxygens (including phenoxy) is 2. The van der Waals surface area contributed by atoms with Crippen LogP contribution in [0.3, 0.4) is 0 Å². The van der Waals surface area contributed by atoms with Gasteiger partial charge in [-0.3, -0.25) is 4.57 Å². The van der Waals surface area contributed by atoms with Crippen molar-refractivity contribution in [2.45, 2.75) is 18.8 Å². The minimum atomic E-state index is -3.55. The van der Waals surface area contributed by atoms with Crippen LogP contribution < -0.4 is 14.8 Å². The van der Waals surface area contributed by atoms with Gasteiger partial charge in [-0.2, -0.15) is 0 Å². The fraction of sp³-hybridized carbons (Fsp3) is 0.368. The van der Waals surface area contributed by atoms with Crippen molar-refractivity contribution >= 4 is 19.0 Å². The van der Waals surface area contributed by atoms with Crippen LogP contribution in [0.5, 0.6) is 11.5 Å². The molecule has 2 atom stereocenters. The molecule has 0 saturated heterocycles. The van der Waals surface area contributed by atoms with E-state index in [0.717, 1.165) is 5.56 Å². The molecule has 2 rings (SSSR count). The summed E-state index contributed by atoms with van der Waals surface area (Å²) in [5.41, 5.74) is 1.67. The molecule has 0 aromatic heterocycles. The number of rotatable bonds is 10. The predicted octanol–water partition coefficient (Wildman–Crippen LogP) is 3.28. The van der Waals surface area contributed by atoms with E-state index in [4.69, 9.17) is 21.1 Å². The Kier molecular flexibility index (Phi) is 8.14. The lowest BCUT2D eigenvalue weighted by Gasteiger charge is -2.17. The average Bonchev–Trinajstić information content (AvgIpc) is 2.62. The van der Waals surface area contributed by atoms with E-state index in [2.05, 4.69) is 5.32 Å². The number of hydrogen-bond acceptors (Lipinski definition) is 5. The van der Waals surface area contributed by atoms with Crippen molar-refractivity contribution in [2.24, 2.45) is 0 Å². The van der Waals surface area contributed by atoms with Crippen LogP contribution >= 0.6 is 19.0 Å². The predicted molar refractivity (Wildman–Crippen MR) is 107 cm³/mol. The quantitative estimate of drug-likeness (QED) is 0.518. The number of aliphatic hydroxyl groups excluding tert-OH is 1. The normalized spacial score (nSPS) is 14.4. The molecule has 0 fully saturated rings. The number of hydrogen-bond donors (Lipinski definition) is 3. The molecule has 0 amide bonds. The lowest BCUT2D eigenvalue weighted by Crippen LogP contribution is -2.29. The molecule has 0 spiro atoms. The molecule has 2 aromatic rings. The van der Waals surface area contributed by atoms with E-state index in [0.29, 0.717) is 28.6 Å². The molecule has 0 saturated carbocycles. The summed E-state index contributed by atoms with van der Waals surface area (Å²) in [5.74, 6) is 1.06. The van der Waals surface area contributed by atoms with E-state index in [1.807, 2.05) is 12.1 Å². The minimum Gasteiger partial charge on any atom is -0.493 e. The van der Waals surface area contributed by atoms with Crippen molar-refractivity contribution < 1.29 is 24.0 Å². The van der Waals surface area contributed by atoms with Gasteiger partial charge in [0.1, 0.15) is 0 Å². The Balaban J connectivity index is 1.85. The third-order valence-electron chi connectivity index (χ3n) is 4.00. The molecule has 2 unspecified atom stereocenters. The molecular weight excluding hydrogens is 389 g/mol. The van der Waals surface area contributed by atoms with Crippen molar-refractivity contribution in [3.63, 3.8) is 0 Å². The van der Waals surface area contributed by atoms with E-state index in [9.17, 15) is 14.6 Å². The van der Waals surface area contributed by atoms with Gasteiger partial charge in [-0.15, -0.1) is 0 Å². The zero-order valence-corrected chi connectivity index (χ0v) is 17.0. The Morgan fingerprint density at radius 3 is 2.33 bits per heavy atom. The van der Waals surface area contributed by atoms with Crippen LogP contribution in [0.15, 0.2) is 42.5 Å². The van der Waals surface area contributed by atoms with Gasteiger partial charge in [-0.05, 0) is 35.4 Å². The van der Waals surface area contributed by atoms with E-state index < -0.39 is 13.5 Å². The molecule has 2 aromatic carbocycles.